The molecular weight excluding hydrogens is 244 g/mol. The molecule has 1 aromatic carbocycles. The van der Waals surface area contributed by atoms with Crippen molar-refractivity contribution in [3.63, 3.8) is 0 Å². The number of carbonyl (C=O) groups excluding carboxylic acids is 2. The summed E-state index contributed by atoms with van der Waals surface area (Å²) in [5.74, 6) is -0.636. The number of hydrogen-bond donors (Lipinski definition) is 2. The van der Waals surface area contributed by atoms with Crippen LogP contribution in [0.1, 0.15) is 29.8 Å². The Morgan fingerprint density at radius 1 is 1.37 bits per heavy atom. The molecule has 0 aromatic heterocycles. The number of rotatable bonds is 6. The van der Waals surface area contributed by atoms with Crippen LogP contribution in [0.25, 0.3) is 0 Å². The Bertz CT molecular complexity index is 458. The van der Waals surface area contributed by atoms with E-state index in [0.29, 0.717) is 12.1 Å². The number of methoxy groups -OCH3 is 1. The second-order valence-electron chi connectivity index (χ2n) is 4.69. The van der Waals surface area contributed by atoms with E-state index in [1.807, 2.05) is 19.9 Å². The molecule has 3 N–H and O–H groups in total. The number of ether oxygens (including phenoxy) is 1. The van der Waals surface area contributed by atoms with Gasteiger partial charge < -0.3 is 15.8 Å². The van der Waals surface area contributed by atoms with Gasteiger partial charge in [-0.1, -0.05) is 26.0 Å². The smallest absolute Gasteiger partial charge is 0.323 e. The summed E-state index contributed by atoms with van der Waals surface area (Å²) in [6.45, 7) is 4.35. The molecule has 0 heterocycles. The zero-order chi connectivity index (χ0) is 14.4. The lowest BCUT2D eigenvalue weighted by molar-refractivity contribution is -0.144. The predicted molar refractivity (Wildman–Crippen MR) is 72.4 cm³/mol. The number of benzene rings is 1. The number of nitrogens with two attached hydrogens (primary N) is 1. The number of amides is 1. The minimum Gasteiger partial charge on any atom is -0.468 e. The maximum absolute atomic E-state index is 11.6. The van der Waals surface area contributed by atoms with Gasteiger partial charge in [0.2, 0.25) is 5.91 Å². The van der Waals surface area contributed by atoms with Gasteiger partial charge in [0.25, 0.3) is 0 Å². The first-order valence-corrected chi connectivity index (χ1v) is 6.15. The molecule has 0 fully saturated rings. The molecule has 5 heteroatoms. The van der Waals surface area contributed by atoms with E-state index >= 15 is 0 Å². The molecule has 104 valence electrons. The third-order valence-electron chi connectivity index (χ3n) is 2.86. The lowest BCUT2D eigenvalue weighted by Crippen LogP contribution is -2.41. The van der Waals surface area contributed by atoms with Crippen molar-refractivity contribution in [3.05, 3.63) is 35.4 Å². The normalized spacial score (nSPS) is 12.2. The number of hydrogen-bond acceptors (Lipinski definition) is 4. The summed E-state index contributed by atoms with van der Waals surface area (Å²) in [6, 6.07) is 6.63. The fourth-order valence-corrected chi connectivity index (χ4v) is 1.78. The zero-order valence-corrected chi connectivity index (χ0v) is 11.5. The molecule has 1 aromatic rings. The summed E-state index contributed by atoms with van der Waals surface area (Å²) < 4.78 is 4.75. The van der Waals surface area contributed by atoms with Gasteiger partial charge in [-0.3, -0.25) is 9.59 Å². The SMILES string of the molecule is COC(=O)C(NCc1cccc(C(N)=O)c1)C(C)C. The first-order chi connectivity index (χ1) is 8.95. The second kappa shape index (κ2) is 6.89. The molecule has 1 rings (SSSR count). The fraction of sp³-hybridized carbons (Fsp3) is 0.429. The molecule has 0 saturated heterocycles. The molecule has 0 radical (unpaired) electrons. The number of esters is 1. The predicted octanol–water partition coefficient (Wildman–Crippen LogP) is 1.07. The molecule has 1 unspecified atom stereocenters. The molecular formula is C14H20N2O3. The standard InChI is InChI=1S/C14H20N2O3/c1-9(2)12(14(18)19-3)16-8-10-5-4-6-11(7-10)13(15)17/h4-7,9,12,16H,8H2,1-3H3,(H2,15,17). The Hall–Kier alpha value is -1.88. The van der Waals surface area contributed by atoms with Crippen molar-refractivity contribution >= 4 is 11.9 Å². The summed E-state index contributed by atoms with van der Waals surface area (Å²) in [6.07, 6.45) is 0. The van der Waals surface area contributed by atoms with E-state index in [0.717, 1.165) is 5.56 Å². The molecule has 1 amide bonds. The van der Waals surface area contributed by atoms with Gasteiger partial charge in [0, 0.05) is 12.1 Å². The Kier molecular flexibility index (Phi) is 5.51. The third-order valence-corrected chi connectivity index (χ3v) is 2.86. The van der Waals surface area contributed by atoms with Crippen LogP contribution in [0.2, 0.25) is 0 Å². The van der Waals surface area contributed by atoms with E-state index in [4.69, 9.17) is 10.5 Å². The lowest BCUT2D eigenvalue weighted by atomic mass is 10.0. The van der Waals surface area contributed by atoms with Crippen LogP contribution in [0.15, 0.2) is 24.3 Å². The Morgan fingerprint density at radius 2 is 2.05 bits per heavy atom. The van der Waals surface area contributed by atoms with Gasteiger partial charge in [-0.2, -0.15) is 0 Å². The summed E-state index contributed by atoms with van der Waals surface area (Å²) in [4.78, 5) is 22.7. The Balaban J connectivity index is 2.71. The van der Waals surface area contributed by atoms with E-state index in [1.54, 1.807) is 18.2 Å². The Morgan fingerprint density at radius 3 is 2.58 bits per heavy atom. The van der Waals surface area contributed by atoms with Crippen molar-refractivity contribution in [2.24, 2.45) is 11.7 Å². The van der Waals surface area contributed by atoms with Crippen LogP contribution in [-0.4, -0.2) is 25.0 Å². The maximum atomic E-state index is 11.6. The van der Waals surface area contributed by atoms with Gasteiger partial charge >= 0.3 is 5.97 Å². The van der Waals surface area contributed by atoms with Gasteiger partial charge in [0.15, 0.2) is 0 Å². The highest BCUT2D eigenvalue weighted by Crippen LogP contribution is 2.08. The molecule has 0 aliphatic carbocycles. The van der Waals surface area contributed by atoms with Crippen LogP contribution in [0.4, 0.5) is 0 Å². The van der Waals surface area contributed by atoms with Gasteiger partial charge in [-0.05, 0) is 23.6 Å². The molecule has 5 nitrogen and oxygen atoms in total. The first kappa shape index (κ1) is 15.2. The fourth-order valence-electron chi connectivity index (χ4n) is 1.78. The highest BCUT2D eigenvalue weighted by molar-refractivity contribution is 5.92. The molecule has 19 heavy (non-hydrogen) atoms. The molecule has 0 saturated carbocycles. The van der Waals surface area contributed by atoms with E-state index in [-0.39, 0.29) is 17.9 Å². The zero-order valence-electron chi connectivity index (χ0n) is 11.5. The summed E-state index contributed by atoms with van der Waals surface area (Å²) >= 11 is 0. The van der Waals surface area contributed by atoms with E-state index < -0.39 is 5.91 Å². The van der Waals surface area contributed by atoms with Crippen molar-refractivity contribution < 1.29 is 14.3 Å². The van der Waals surface area contributed by atoms with Crippen molar-refractivity contribution in [2.75, 3.05) is 7.11 Å². The van der Waals surface area contributed by atoms with Crippen molar-refractivity contribution in [1.82, 2.24) is 5.32 Å². The lowest BCUT2D eigenvalue weighted by Gasteiger charge is -2.19. The van der Waals surface area contributed by atoms with Crippen LogP contribution in [-0.2, 0) is 16.1 Å². The second-order valence-corrected chi connectivity index (χ2v) is 4.69. The van der Waals surface area contributed by atoms with Crippen LogP contribution in [0, 0.1) is 5.92 Å². The molecule has 0 spiro atoms. The highest BCUT2D eigenvalue weighted by Gasteiger charge is 2.22. The van der Waals surface area contributed by atoms with E-state index in [1.165, 1.54) is 7.11 Å². The van der Waals surface area contributed by atoms with Crippen LogP contribution in [0.3, 0.4) is 0 Å². The topological polar surface area (TPSA) is 81.4 Å². The molecule has 0 aliphatic rings. The monoisotopic (exact) mass is 264 g/mol. The summed E-state index contributed by atoms with van der Waals surface area (Å²) in [5.41, 5.74) is 6.57. The quantitative estimate of drug-likeness (QED) is 0.753. The van der Waals surface area contributed by atoms with Crippen molar-refractivity contribution in [3.8, 4) is 0 Å². The maximum Gasteiger partial charge on any atom is 0.323 e. The average molecular weight is 264 g/mol. The van der Waals surface area contributed by atoms with Gasteiger partial charge in [-0.25, -0.2) is 0 Å². The minimum atomic E-state index is -0.463. The molecule has 1 atom stereocenters. The minimum absolute atomic E-state index is 0.117. The third kappa shape index (κ3) is 4.37. The largest absolute Gasteiger partial charge is 0.468 e. The summed E-state index contributed by atoms with van der Waals surface area (Å²) in [7, 11) is 1.37. The first-order valence-electron chi connectivity index (χ1n) is 6.15. The van der Waals surface area contributed by atoms with E-state index in [9.17, 15) is 9.59 Å². The molecule has 0 bridgehead atoms. The van der Waals surface area contributed by atoms with Gasteiger partial charge in [0.05, 0.1) is 7.11 Å². The molecule has 0 aliphatic heterocycles. The number of carbonyl (C=O) groups is 2. The van der Waals surface area contributed by atoms with Gasteiger partial charge in [-0.15, -0.1) is 0 Å². The highest BCUT2D eigenvalue weighted by atomic mass is 16.5. The van der Waals surface area contributed by atoms with Crippen LogP contribution in [0.5, 0.6) is 0 Å². The Labute approximate surface area is 113 Å². The van der Waals surface area contributed by atoms with Crippen molar-refractivity contribution in [2.45, 2.75) is 26.4 Å². The van der Waals surface area contributed by atoms with Crippen LogP contribution >= 0.6 is 0 Å². The number of nitrogens with one attached hydrogen (secondary N) is 1. The van der Waals surface area contributed by atoms with Crippen LogP contribution < -0.4 is 11.1 Å². The van der Waals surface area contributed by atoms with E-state index in [2.05, 4.69) is 5.32 Å². The van der Waals surface area contributed by atoms with Crippen molar-refractivity contribution in [1.29, 1.82) is 0 Å². The van der Waals surface area contributed by atoms with Gasteiger partial charge in [0.1, 0.15) is 6.04 Å². The number of primary amides is 1. The summed E-state index contributed by atoms with van der Waals surface area (Å²) in [5, 5.41) is 3.13. The average Bonchev–Trinajstić information content (AvgIpc) is 2.38.